The van der Waals surface area contributed by atoms with Gasteiger partial charge in [0, 0.05) is 57.4 Å². The highest BCUT2D eigenvalue weighted by molar-refractivity contribution is 5.80. The van der Waals surface area contributed by atoms with Crippen molar-refractivity contribution in [1.29, 1.82) is 0 Å². The Morgan fingerprint density at radius 1 is 1.19 bits per heavy atom. The van der Waals surface area contributed by atoms with E-state index in [-0.39, 0.29) is 17.4 Å². The van der Waals surface area contributed by atoms with Gasteiger partial charge in [-0.15, -0.1) is 0 Å². The lowest BCUT2D eigenvalue weighted by Gasteiger charge is -2.43. The van der Waals surface area contributed by atoms with E-state index in [0.717, 1.165) is 78.1 Å². The molecule has 0 aromatic rings. The fourth-order valence-electron chi connectivity index (χ4n) is 4.74. The summed E-state index contributed by atoms with van der Waals surface area (Å²) < 4.78 is 5.98. The number of amides is 1. The highest BCUT2D eigenvalue weighted by Crippen LogP contribution is 2.33. The van der Waals surface area contributed by atoms with Crippen LogP contribution in [0.1, 0.15) is 46.5 Å². The van der Waals surface area contributed by atoms with Crippen LogP contribution in [0.5, 0.6) is 0 Å². The number of nitrogens with two attached hydrogens (primary N) is 1. The van der Waals surface area contributed by atoms with Gasteiger partial charge < -0.3 is 15.4 Å². The van der Waals surface area contributed by atoms with Gasteiger partial charge in [-0.2, -0.15) is 0 Å². The van der Waals surface area contributed by atoms with E-state index in [4.69, 9.17) is 10.5 Å². The fraction of sp³-hybridized carbons (Fsp3) is 0.950. The van der Waals surface area contributed by atoms with Crippen molar-refractivity contribution in [2.24, 2.45) is 11.7 Å². The van der Waals surface area contributed by atoms with Gasteiger partial charge in [-0.25, -0.2) is 0 Å². The monoisotopic (exact) mass is 366 g/mol. The molecule has 150 valence electrons. The Morgan fingerprint density at radius 3 is 2.58 bits per heavy atom. The van der Waals surface area contributed by atoms with Crippen LogP contribution in [0.15, 0.2) is 0 Å². The zero-order chi connectivity index (χ0) is 18.7. The number of morpholine rings is 1. The molecule has 1 saturated carbocycles. The van der Waals surface area contributed by atoms with Gasteiger partial charge in [-0.3, -0.25) is 14.6 Å². The molecule has 3 aliphatic rings. The molecule has 0 bridgehead atoms. The molecule has 2 saturated heterocycles. The Bertz CT molecular complexity index is 474. The Hall–Kier alpha value is -0.690. The van der Waals surface area contributed by atoms with Crippen molar-refractivity contribution in [3.8, 4) is 0 Å². The Morgan fingerprint density at radius 2 is 1.92 bits per heavy atom. The molecule has 3 rings (SSSR count). The van der Waals surface area contributed by atoms with Gasteiger partial charge >= 0.3 is 0 Å². The molecule has 6 nitrogen and oxygen atoms in total. The molecule has 3 unspecified atom stereocenters. The van der Waals surface area contributed by atoms with Crippen molar-refractivity contribution >= 4 is 5.91 Å². The van der Waals surface area contributed by atoms with Crippen LogP contribution < -0.4 is 5.73 Å². The van der Waals surface area contributed by atoms with Crippen LogP contribution in [0.4, 0.5) is 0 Å². The zero-order valence-corrected chi connectivity index (χ0v) is 17.0. The van der Waals surface area contributed by atoms with Gasteiger partial charge in [0.25, 0.3) is 0 Å². The van der Waals surface area contributed by atoms with Gasteiger partial charge in [0.2, 0.25) is 5.91 Å². The largest absolute Gasteiger partial charge is 0.374 e. The SMILES string of the molecule is CC(C)N1CCOC(CN2CCN(C(=O)C3CCCCC3(C)N)CC2)C1. The molecule has 0 spiro atoms. The Kier molecular flexibility index (Phi) is 6.59. The second-order valence-corrected chi connectivity index (χ2v) is 9.01. The van der Waals surface area contributed by atoms with Crippen molar-refractivity contribution in [1.82, 2.24) is 14.7 Å². The summed E-state index contributed by atoms with van der Waals surface area (Å²) in [6.07, 6.45) is 4.49. The van der Waals surface area contributed by atoms with Gasteiger partial charge in [0.05, 0.1) is 18.6 Å². The van der Waals surface area contributed by atoms with E-state index in [1.54, 1.807) is 0 Å². The first-order valence-electron chi connectivity index (χ1n) is 10.5. The summed E-state index contributed by atoms with van der Waals surface area (Å²) in [4.78, 5) is 20.0. The minimum Gasteiger partial charge on any atom is -0.374 e. The Labute approximate surface area is 159 Å². The van der Waals surface area contributed by atoms with E-state index >= 15 is 0 Å². The number of carbonyl (C=O) groups is 1. The minimum atomic E-state index is -0.331. The lowest BCUT2D eigenvalue weighted by molar-refractivity contribution is -0.141. The molecule has 0 radical (unpaired) electrons. The third kappa shape index (κ3) is 4.77. The molecule has 26 heavy (non-hydrogen) atoms. The van der Waals surface area contributed by atoms with Crippen LogP contribution in [-0.2, 0) is 9.53 Å². The molecule has 3 atom stereocenters. The van der Waals surface area contributed by atoms with Crippen LogP contribution in [0.25, 0.3) is 0 Å². The van der Waals surface area contributed by atoms with Crippen molar-refractivity contribution in [3.63, 3.8) is 0 Å². The highest BCUT2D eigenvalue weighted by Gasteiger charge is 2.40. The predicted octanol–water partition coefficient (Wildman–Crippen LogP) is 1.15. The summed E-state index contributed by atoms with van der Waals surface area (Å²) in [5, 5.41) is 0. The topological polar surface area (TPSA) is 62.0 Å². The minimum absolute atomic E-state index is 0.00378. The maximum Gasteiger partial charge on any atom is 0.227 e. The second-order valence-electron chi connectivity index (χ2n) is 9.01. The summed E-state index contributed by atoms with van der Waals surface area (Å²) in [5.41, 5.74) is 6.11. The summed E-state index contributed by atoms with van der Waals surface area (Å²) in [6.45, 7) is 14.0. The average molecular weight is 367 g/mol. The lowest BCUT2D eigenvalue weighted by atomic mass is 9.74. The predicted molar refractivity (Wildman–Crippen MR) is 104 cm³/mol. The first-order chi connectivity index (χ1) is 12.4. The molecule has 0 aromatic carbocycles. The molecule has 2 heterocycles. The summed E-state index contributed by atoms with van der Waals surface area (Å²) in [5.74, 6) is 0.290. The van der Waals surface area contributed by atoms with Gasteiger partial charge in [-0.05, 0) is 33.6 Å². The maximum absolute atomic E-state index is 13.0. The number of hydrogen-bond donors (Lipinski definition) is 1. The maximum atomic E-state index is 13.0. The Balaban J connectivity index is 1.46. The summed E-state index contributed by atoms with van der Waals surface area (Å²) >= 11 is 0. The van der Waals surface area contributed by atoms with Crippen molar-refractivity contribution in [2.45, 2.75) is 64.1 Å². The molecular formula is C20H38N4O2. The van der Waals surface area contributed by atoms with E-state index in [9.17, 15) is 4.79 Å². The van der Waals surface area contributed by atoms with E-state index in [1.165, 1.54) is 0 Å². The molecule has 0 aromatic heterocycles. The van der Waals surface area contributed by atoms with Gasteiger partial charge in [0.15, 0.2) is 0 Å². The van der Waals surface area contributed by atoms with E-state index in [2.05, 4.69) is 35.5 Å². The van der Waals surface area contributed by atoms with Crippen LogP contribution in [-0.4, -0.2) is 90.7 Å². The average Bonchev–Trinajstić information content (AvgIpc) is 2.62. The number of carbonyl (C=O) groups excluding carboxylic acids is 1. The van der Waals surface area contributed by atoms with Crippen LogP contribution in [0.3, 0.4) is 0 Å². The first kappa shape index (κ1) is 20.1. The molecule has 2 N–H and O–H groups in total. The summed E-state index contributed by atoms with van der Waals surface area (Å²) in [7, 11) is 0. The molecule has 1 aliphatic carbocycles. The van der Waals surface area contributed by atoms with Crippen molar-refractivity contribution < 1.29 is 9.53 Å². The molecule has 2 aliphatic heterocycles. The quantitative estimate of drug-likeness (QED) is 0.809. The van der Waals surface area contributed by atoms with Crippen molar-refractivity contribution in [2.75, 3.05) is 52.4 Å². The molecule has 6 heteroatoms. The zero-order valence-electron chi connectivity index (χ0n) is 17.0. The molecule has 3 fully saturated rings. The van der Waals surface area contributed by atoms with E-state index < -0.39 is 0 Å². The lowest BCUT2D eigenvalue weighted by Crippen LogP contribution is -2.58. The molecule has 1 amide bonds. The third-order valence-corrected chi connectivity index (χ3v) is 6.60. The highest BCUT2D eigenvalue weighted by atomic mass is 16.5. The third-order valence-electron chi connectivity index (χ3n) is 6.60. The van der Waals surface area contributed by atoms with E-state index in [0.29, 0.717) is 12.1 Å². The van der Waals surface area contributed by atoms with Gasteiger partial charge in [-0.1, -0.05) is 12.8 Å². The second kappa shape index (κ2) is 8.55. The van der Waals surface area contributed by atoms with Crippen LogP contribution in [0, 0.1) is 5.92 Å². The number of rotatable bonds is 4. The number of ether oxygens (including phenoxy) is 1. The van der Waals surface area contributed by atoms with Crippen LogP contribution >= 0.6 is 0 Å². The smallest absolute Gasteiger partial charge is 0.227 e. The molecular weight excluding hydrogens is 328 g/mol. The normalized spacial score (nSPS) is 35.0. The van der Waals surface area contributed by atoms with Crippen LogP contribution in [0.2, 0.25) is 0 Å². The van der Waals surface area contributed by atoms with E-state index in [1.807, 2.05) is 0 Å². The fourth-order valence-corrected chi connectivity index (χ4v) is 4.74. The van der Waals surface area contributed by atoms with Crippen molar-refractivity contribution in [3.05, 3.63) is 0 Å². The number of piperazine rings is 1. The number of hydrogen-bond acceptors (Lipinski definition) is 5. The van der Waals surface area contributed by atoms with Gasteiger partial charge in [0.1, 0.15) is 0 Å². The summed E-state index contributed by atoms with van der Waals surface area (Å²) in [6, 6.07) is 0.580. The number of nitrogens with zero attached hydrogens (tertiary/aromatic N) is 3. The standard InChI is InChI=1S/C20H38N4O2/c1-16(2)24-12-13-26-17(15-24)14-22-8-10-23(11-9-22)19(25)18-6-4-5-7-20(18,3)21/h16-18H,4-15,21H2,1-3H3. The first-order valence-corrected chi connectivity index (χ1v) is 10.5.